The second-order valence-corrected chi connectivity index (χ2v) is 5.92. The average molecular weight is 317 g/mol. The minimum atomic E-state index is -0.477. The van der Waals surface area contributed by atoms with Gasteiger partial charge in [-0.15, -0.1) is 0 Å². The van der Waals surface area contributed by atoms with Gasteiger partial charge in [0.2, 0.25) is 0 Å². The van der Waals surface area contributed by atoms with Crippen LogP contribution >= 0.6 is 22.9 Å². The highest BCUT2D eigenvalue weighted by molar-refractivity contribution is 7.18. The van der Waals surface area contributed by atoms with Crippen molar-refractivity contribution in [3.8, 4) is 0 Å². The molecule has 2 aliphatic heterocycles. The Kier molecular flexibility index (Phi) is 3.43. The van der Waals surface area contributed by atoms with Gasteiger partial charge in [0.05, 0.1) is 13.2 Å². The second-order valence-electron chi connectivity index (χ2n) is 4.59. The van der Waals surface area contributed by atoms with E-state index in [1.165, 1.54) is 18.4 Å². The van der Waals surface area contributed by atoms with E-state index >= 15 is 0 Å². The largest absolute Gasteiger partial charge is 0.465 e. The van der Waals surface area contributed by atoms with E-state index < -0.39 is 5.97 Å². The van der Waals surface area contributed by atoms with E-state index in [4.69, 9.17) is 11.6 Å². The van der Waals surface area contributed by atoms with Gasteiger partial charge in [-0.05, 0) is 0 Å². The van der Waals surface area contributed by atoms with E-state index in [2.05, 4.69) is 15.0 Å². The number of nitrogens with zero attached hydrogens (tertiary/aromatic N) is 3. The highest BCUT2D eigenvalue weighted by Gasteiger charge is 2.36. The number of methoxy groups -OCH3 is 1. The second kappa shape index (κ2) is 5.10. The number of piperazine rings is 1. The number of amides is 2. The zero-order chi connectivity index (χ0) is 14.3. The summed E-state index contributed by atoms with van der Waals surface area (Å²) in [6.07, 6.45) is 0. The summed E-state index contributed by atoms with van der Waals surface area (Å²) >= 11 is 7.19. The summed E-state index contributed by atoms with van der Waals surface area (Å²) in [6.45, 7) is 2.64. The molecular formula is C11H13ClN4O3S. The van der Waals surface area contributed by atoms with Crippen molar-refractivity contribution in [2.75, 3.05) is 38.2 Å². The van der Waals surface area contributed by atoms with E-state index in [0.29, 0.717) is 36.2 Å². The molecule has 1 atom stereocenters. The number of thiazole rings is 1. The van der Waals surface area contributed by atoms with Crippen molar-refractivity contribution < 1.29 is 14.3 Å². The van der Waals surface area contributed by atoms with Crippen LogP contribution in [0, 0.1) is 0 Å². The minimum Gasteiger partial charge on any atom is -0.465 e. The summed E-state index contributed by atoms with van der Waals surface area (Å²) in [5.41, 5.74) is 0. The van der Waals surface area contributed by atoms with Crippen molar-refractivity contribution in [3.05, 3.63) is 10.0 Å². The van der Waals surface area contributed by atoms with Crippen LogP contribution in [-0.2, 0) is 4.74 Å². The maximum Gasteiger partial charge on any atom is 0.351 e. The normalized spacial score (nSPS) is 21.7. The number of carbonyl (C=O) groups is 2. The van der Waals surface area contributed by atoms with Crippen LogP contribution in [0.25, 0.3) is 0 Å². The Morgan fingerprint density at radius 2 is 2.35 bits per heavy atom. The molecule has 9 heteroatoms. The molecule has 2 saturated heterocycles. The highest BCUT2D eigenvalue weighted by Crippen LogP contribution is 2.31. The van der Waals surface area contributed by atoms with Crippen molar-refractivity contribution in [2.45, 2.75) is 6.04 Å². The van der Waals surface area contributed by atoms with Gasteiger partial charge in [0.25, 0.3) is 0 Å². The van der Waals surface area contributed by atoms with Crippen LogP contribution < -0.4 is 10.2 Å². The van der Waals surface area contributed by atoms with E-state index in [9.17, 15) is 9.59 Å². The average Bonchev–Trinajstić information content (AvgIpc) is 3.02. The highest BCUT2D eigenvalue weighted by atomic mass is 35.5. The maximum absolute atomic E-state index is 11.5. The van der Waals surface area contributed by atoms with Crippen LogP contribution in [0.3, 0.4) is 0 Å². The number of hydrogen-bond acceptors (Lipinski definition) is 6. The Labute approximate surface area is 124 Å². The molecule has 1 aromatic heterocycles. The quantitative estimate of drug-likeness (QED) is 0.817. The van der Waals surface area contributed by atoms with Crippen molar-refractivity contribution in [1.82, 2.24) is 15.2 Å². The van der Waals surface area contributed by atoms with Crippen molar-refractivity contribution in [2.24, 2.45) is 0 Å². The van der Waals surface area contributed by atoms with Crippen molar-refractivity contribution in [3.63, 3.8) is 0 Å². The van der Waals surface area contributed by atoms with Crippen LogP contribution in [0.15, 0.2) is 0 Å². The fraction of sp³-hybridized carbons (Fsp3) is 0.545. The van der Waals surface area contributed by atoms with Crippen LogP contribution in [0.4, 0.5) is 9.93 Å². The molecule has 0 bridgehead atoms. The standard InChI is InChI=1S/C11H13ClN4O3S/c1-19-9(17)7-8(12)14-11(20-7)15-2-3-16-6(5-15)4-13-10(16)18/h6H,2-5H2,1H3,(H,13,18). The minimum absolute atomic E-state index is 0.0120. The topological polar surface area (TPSA) is 74.8 Å². The van der Waals surface area contributed by atoms with Gasteiger partial charge in [0, 0.05) is 26.2 Å². The van der Waals surface area contributed by atoms with Gasteiger partial charge >= 0.3 is 12.0 Å². The third-order valence-corrected chi connectivity index (χ3v) is 4.93. The molecule has 7 nitrogen and oxygen atoms in total. The first-order valence-corrected chi connectivity index (χ1v) is 7.33. The lowest BCUT2D eigenvalue weighted by Crippen LogP contribution is -2.52. The van der Waals surface area contributed by atoms with E-state index in [-0.39, 0.29) is 17.2 Å². The number of hydrogen-bond donors (Lipinski definition) is 1. The lowest BCUT2D eigenvalue weighted by molar-refractivity contribution is 0.0606. The summed E-state index contributed by atoms with van der Waals surface area (Å²) < 4.78 is 4.67. The summed E-state index contributed by atoms with van der Waals surface area (Å²) in [5, 5.41) is 3.68. The van der Waals surface area contributed by atoms with Gasteiger partial charge in [-0.25, -0.2) is 14.6 Å². The van der Waals surface area contributed by atoms with E-state index in [1.807, 2.05) is 9.80 Å². The number of carbonyl (C=O) groups excluding carboxylic acids is 2. The molecule has 2 amide bonds. The molecule has 108 valence electrons. The lowest BCUT2D eigenvalue weighted by Gasteiger charge is -2.36. The predicted octanol–water partition coefficient (Wildman–Crippen LogP) is 0.797. The van der Waals surface area contributed by atoms with Gasteiger partial charge < -0.3 is 19.9 Å². The summed E-state index contributed by atoms with van der Waals surface area (Å²) in [7, 11) is 1.31. The molecule has 0 aromatic carbocycles. The number of aromatic nitrogens is 1. The van der Waals surface area contributed by atoms with Gasteiger partial charge in [-0.2, -0.15) is 0 Å². The van der Waals surface area contributed by atoms with Gasteiger partial charge in [-0.3, -0.25) is 0 Å². The fourth-order valence-corrected chi connectivity index (χ4v) is 3.66. The Morgan fingerprint density at radius 1 is 1.55 bits per heavy atom. The fourth-order valence-electron chi connectivity index (χ4n) is 2.42. The zero-order valence-electron chi connectivity index (χ0n) is 10.8. The van der Waals surface area contributed by atoms with Crippen LogP contribution in [-0.4, -0.2) is 61.2 Å². The third-order valence-electron chi connectivity index (χ3n) is 3.45. The number of anilines is 1. The summed E-state index contributed by atoms with van der Waals surface area (Å²) in [5.74, 6) is -0.477. The number of ether oxygens (including phenoxy) is 1. The van der Waals surface area contributed by atoms with Gasteiger partial charge in [0.15, 0.2) is 15.2 Å². The molecule has 0 spiro atoms. The molecule has 0 radical (unpaired) electrons. The maximum atomic E-state index is 11.5. The van der Waals surface area contributed by atoms with Crippen molar-refractivity contribution in [1.29, 1.82) is 0 Å². The Hall–Kier alpha value is -1.54. The molecule has 2 fully saturated rings. The first-order chi connectivity index (χ1) is 9.60. The molecule has 20 heavy (non-hydrogen) atoms. The van der Waals surface area contributed by atoms with E-state index in [1.54, 1.807) is 0 Å². The number of rotatable bonds is 2. The molecule has 3 rings (SSSR count). The van der Waals surface area contributed by atoms with Gasteiger partial charge in [-0.1, -0.05) is 22.9 Å². The first kappa shape index (κ1) is 13.4. The van der Waals surface area contributed by atoms with Crippen molar-refractivity contribution >= 4 is 40.1 Å². The molecule has 1 unspecified atom stereocenters. The number of nitrogens with one attached hydrogen (secondary N) is 1. The Bertz CT molecular complexity index is 564. The molecule has 1 aromatic rings. The van der Waals surface area contributed by atoms with E-state index in [0.717, 1.165) is 0 Å². The SMILES string of the molecule is COC(=O)c1sc(N2CCN3C(=O)NCC3C2)nc1Cl. The third kappa shape index (κ3) is 2.18. The first-order valence-electron chi connectivity index (χ1n) is 6.14. The Morgan fingerprint density at radius 3 is 3.10 bits per heavy atom. The molecule has 0 saturated carbocycles. The van der Waals surface area contributed by atoms with Crippen LogP contribution in [0.5, 0.6) is 0 Å². The summed E-state index contributed by atoms with van der Waals surface area (Å²) in [4.78, 5) is 31.5. The molecule has 1 N–H and O–H groups in total. The molecule has 2 aliphatic rings. The molecular weight excluding hydrogens is 304 g/mol. The predicted molar refractivity (Wildman–Crippen MR) is 74.6 cm³/mol. The number of urea groups is 1. The van der Waals surface area contributed by atoms with Gasteiger partial charge in [0.1, 0.15) is 0 Å². The Balaban J connectivity index is 1.77. The zero-order valence-corrected chi connectivity index (χ0v) is 12.3. The lowest BCUT2D eigenvalue weighted by atomic mass is 10.2. The smallest absolute Gasteiger partial charge is 0.351 e. The number of esters is 1. The number of fused-ring (bicyclic) bond motifs is 1. The monoisotopic (exact) mass is 316 g/mol. The molecule has 0 aliphatic carbocycles. The summed E-state index contributed by atoms with van der Waals surface area (Å²) in [6, 6.07) is 0.127. The van der Waals surface area contributed by atoms with Crippen LogP contribution in [0.2, 0.25) is 5.15 Å². The molecule has 3 heterocycles. The van der Waals surface area contributed by atoms with Crippen LogP contribution in [0.1, 0.15) is 9.67 Å². The number of halogens is 1.